The summed E-state index contributed by atoms with van der Waals surface area (Å²) in [5.74, 6) is 1.29. The van der Waals surface area contributed by atoms with Crippen molar-refractivity contribution in [2.24, 2.45) is 5.92 Å². The van der Waals surface area contributed by atoms with Crippen LogP contribution in [-0.2, 0) is 0 Å². The van der Waals surface area contributed by atoms with Gasteiger partial charge in [-0.1, -0.05) is 69.2 Å². The van der Waals surface area contributed by atoms with Crippen LogP contribution in [0.25, 0.3) is 11.1 Å². The summed E-state index contributed by atoms with van der Waals surface area (Å²) in [5, 5.41) is 0. The number of benzene rings is 2. The Morgan fingerprint density at radius 3 is 2.14 bits per heavy atom. The van der Waals surface area contributed by atoms with E-state index in [0.717, 1.165) is 11.5 Å². The van der Waals surface area contributed by atoms with Crippen LogP contribution in [0.1, 0.15) is 57.1 Å². The summed E-state index contributed by atoms with van der Waals surface area (Å²) in [4.78, 5) is 0. The van der Waals surface area contributed by atoms with Crippen molar-refractivity contribution in [2.75, 3.05) is 0 Å². The molecule has 2 aromatic carbocycles. The Bertz CT molecular complexity index is 604. The van der Waals surface area contributed by atoms with Gasteiger partial charge in [-0.05, 0) is 48.8 Å². The molecule has 22 heavy (non-hydrogen) atoms. The quantitative estimate of drug-likeness (QED) is 0.576. The lowest BCUT2D eigenvalue weighted by molar-refractivity contribution is 0.347. The molecule has 0 spiro atoms. The van der Waals surface area contributed by atoms with Gasteiger partial charge in [-0.15, -0.1) is 0 Å². The molecule has 1 aliphatic rings. The average Bonchev–Trinajstić information content (AvgIpc) is 2.49. The van der Waals surface area contributed by atoms with E-state index in [4.69, 9.17) is 0 Å². The minimum absolute atomic E-state index is 0. The van der Waals surface area contributed by atoms with E-state index in [1.54, 1.807) is 6.07 Å². The Balaban J connectivity index is 0.00000176. The summed E-state index contributed by atoms with van der Waals surface area (Å²) in [7, 11) is 0. The van der Waals surface area contributed by atoms with Crippen molar-refractivity contribution < 1.29 is 4.39 Å². The van der Waals surface area contributed by atoms with Gasteiger partial charge >= 0.3 is 0 Å². The van der Waals surface area contributed by atoms with Gasteiger partial charge in [-0.2, -0.15) is 0 Å². The van der Waals surface area contributed by atoms with Crippen LogP contribution in [0, 0.1) is 18.7 Å². The first-order valence-corrected chi connectivity index (χ1v) is 8.00. The largest absolute Gasteiger partial charge is 0.206 e. The van der Waals surface area contributed by atoms with Crippen LogP contribution in [0.2, 0.25) is 0 Å². The molecule has 1 heteroatoms. The third-order valence-corrected chi connectivity index (χ3v) is 4.84. The van der Waals surface area contributed by atoms with Crippen molar-refractivity contribution in [2.45, 2.75) is 52.9 Å². The molecule has 0 aliphatic heterocycles. The van der Waals surface area contributed by atoms with Gasteiger partial charge in [0, 0.05) is 5.56 Å². The zero-order chi connectivity index (χ0) is 14.8. The molecule has 0 bridgehead atoms. The van der Waals surface area contributed by atoms with E-state index in [1.165, 1.54) is 36.8 Å². The Labute approximate surface area is 134 Å². The van der Waals surface area contributed by atoms with Gasteiger partial charge in [0.05, 0.1) is 0 Å². The van der Waals surface area contributed by atoms with Gasteiger partial charge in [-0.25, -0.2) is 4.39 Å². The van der Waals surface area contributed by atoms with Gasteiger partial charge in [0.15, 0.2) is 0 Å². The predicted molar refractivity (Wildman–Crippen MR) is 93.7 cm³/mol. The van der Waals surface area contributed by atoms with Gasteiger partial charge in [0.25, 0.3) is 0 Å². The molecule has 0 radical (unpaired) electrons. The lowest BCUT2D eigenvalue weighted by Gasteiger charge is -2.26. The third kappa shape index (κ3) is 3.58. The minimum atomic E-state index is -0.0880. The minimum Gasteiger partial charge on any atom is -0.206 e. The number of hydrogen-bond acceptors (Lipinski definition) is 0. The lowest BCUT2D eigenvalue weighted by Crippen LogP contribution is -2.11. The second-order valence-electron chi connectivity index (χ2n) is 6.56. The van der Waals surface area contributed by atoms with Crippen LogP contribution in [0.4, 0.5) is 4.39 Å². The zero-order valence-corrected chi connectivity index (χ0v) is 12.9. The molecule has 2 aromatic rings. The number of halogens is 1. The molecular formula is C21H27F. The van der Waals surface area contributed by atoms with E-state index in [1.807, 2.05) is 37.3 Å². The molecule has 0 unspecified atom stereocenters. The summed E-state index contributed by atoms with van der Waals surface area (Å²) in [6.45, 7) is 4.37. The third-order valence-electron chi connectivity index (χ3n) is 4.84. The van der Waals surface area contributed by atoms with Crippen molar-refractivity contribution >= 4 is 0 Å². The number of aryl methyl sites for hydroxylation is 1. The van der Waals surface area contributed by atoms with Gasteiger partial charge in [0.2, 0.25) is 0 Å². The van der Waals surface area contributed by atoms with Crippen LogP contribution in [0.15, 0.2) is 42.5 Å². The molecule has 0 heterocycles. The van der Waals surface area contributed by atoms with E-state index >= 15 is 0 Å². The van der Waals surface area contributed by atoms with Gasteiger partial charge in [0.1, 0.15) is 5.82 Å². The summed E-state index contributed by atoms with van der Waals surface area (Å²) >= 11 is 0. The summed E-state index contributed by atoms with van der Waals surface area (Å²) in [5.41, 5.74) is 4.05. The maximum Gasteiger partial charge on any atom is 0.131 e. The van der Waals surface area contributed by atoms with Crippen LogP contribution in [0.5, 0.6) is 0 Å². The molecule has 1 aliphatic carbocycles. The highest BCUT2D eigenvalue weighted by molar-refractivity contribution is 5.64. The van der Waals surface area contributed by atoms with E-state index in [9.17, 15) is 4.39 Å². The first-order chi connectivity index (χ1) is 10.1. The first-order valence-electron chi connectivity index (χ1n) is 8.00. The second kappa shape index (κ2) is 7.09. The number of rotatable bonds is 2. The van der Waals surface area contributed by atoms with Gasteiger partial charge in [-0.3, -0.25) is 0 Å². The topological polar surface area (TPSA) is 0 Å². The van der Waals surface area contributed by atoms with Crippen LogP contribution < -0.4 is 0 Å². The SMILES string of the molecule is C.Cc1ccc(-c2ccc(C3CCC(C)CC3)cc2F)cc1. The first kappa shape index (κ1) is 16.7. The Morgan fingerprint density at radius 1 is 0.909 bits per heavy atom. The van der Waals surface area contributed by atoms with E-state index in [-0.39, 0.29) is 13.2 Å². The fourth-order valence-electron chi connectivity index (χ4n) is 3.35. The average molecular weight is 298 g/mol. The fraction of sp³-hybridized carbons (Fsp3) is 0.429. The summed E-state index contributed by atoms with van der Waals surface area (Å²) < 4.78 is 14.5. The predicted octanol–water partition coefficient (Wildman–Crippen LogP) is 6.73. The standard InChI is InChI=1S/C20H23F.CH4/c1-14-3-7-16(8-4-14)18-11-12-19(20(21)13-18)17-9-5-15(2)6-10-17;/h5-6,9-14,16H,3-4,7-8H2,1-2H3;1H4. The Kier molecular flexibility index (Phi) is 5.39. The van der Waals surface area contributed by atoms with Crippen molar-refractivity contribution in [3.63, 3.8) is 0 Å². The maximum absolute atomic E-state index is 14.5. The van der Waals surface area contributed by atoms with E-state index in [2.05, 4.69) is 13.0 Å². The molecule has 1 fully saturated rings. The Hall–Kier alpha value is -1.63. The van der Waals surface area contributed by atoms with Crippen LogP contribution >= 0.6 is 0 Å². The van der Waals surface area contributed by atoms with Crippen molar-refractivity contribution in [3.8, 4) is 11.1 Å². The molecule has 0 saturated heterocycles. The van der Waals surface area contributed by atoms with Gasteiger partial charge < -0.3 is 0 Å². The summed E-state index contributed by atoms with van der Waals surface area (Å²) in [6, 6.07) is 13.9. The van der Waals surface area contributed by atoms with Crippen molar-refractivity contribution in [1.82, 2.24) is 0 Å². The fourth-order valence-corrected chi connectivity index (χ4v) is 3.35. The molecule has 3 rings (SSSR count). The molecule has 0 N–H and O–H groups in total. The summed E-state index contributed by atoms with van der Waals surface area (Å²) in [6.07, 6.45) is 4.94. The maximum atomic E-state index is 14.5. The highest BCUT2D eigenvalue weighted by atomic mass is 19.1. The molecule has 0 nitrogen and oxygen atoms in total. The normalized spacial score (nSPS) is 21.2. The zero-order valence-electron chi connectivity index (χ0n) is 12.9. The number of hydrogen-bond donors (Lipinski definition) is 0. The van der Waals surface area contributed by atoms with Crippen LogP contribution in [-0.4, -0.2) is 0 Å². The molecular weight excluding hydrogens is 271 g/mol. The van der Waals surface area contributed by atoms with Crippen LogP contribution in [0.3, 0.4) is 0 Å². The second-order valence-corrected chi connectivity index (χ2v) is 6.56. The molecule has 118 valence electrons. The van der Waals surface area contributed by atoms with E-state index < -0.39 is 0 Å². The smallest absolute Gasteiger partial charge is 0.131 e. The van der Waals surface area contributed by atoms with E-state index in [0.29, 0.717) is 11.5 Å². The highest BCUT2D eigenvalue weighted by Gasteiger charge is 2.20. The molecule has 0 amide bonds. The highest BCUT2D eigenvalue weighted by Crippen LogP contribution is 2.36. The van der Waals surface area contributed by atoms with Crippen molar-refractivity contribution in [3.05, 3.63) is 59.4 Å². The molecule has 0 aromatic heterocycles. The monoisotopic (exact) mass is 298 g/mol. The Morgan fingerprint density at radius 2 is 1.55 bits per heavy atom. The van der Waals surface area contributed by atoms with Crippen molar-refractivity contribution in [1.29, 1.82) is 0 Å². The lowest BCUT2D eigenvalue weighted by atomic mass is 9.79. The molecule has 0 atom stereocenters. The molecule has 1 saturated carbocycles.